The first-order valence-corrected chi connectivity index (χ1v) is 5.28. The van der Waals surface area contributed by atoms with Crippen molar-refractivity contribution < 1.29 is 14.3 Å². The fourth-order valence-electron chi connectivity index (χ4n) is 1.28. The SMILES string of the molecule is CC(C)(C)C(=O)C(O)c1cc(Cl)ccc1F. The second kappa shape index (κ2) is 4.52. The minimum atomic E-state index is -1.47. The molecule has 0 fully saturated rings. The molecule has 0 saturated heterocycles. The zero-order valence-corrected chi connectivity index (χ0v) is 10.2. The van der Waals surface area contributed by atoms with Gasteiger partial charge in [0, 0.05) is 16.0 Å². The summed E-state index contributed by atoms with van der Waals surface area (Å²) in [6.07, 6.45) is -1.47. The van der Waals surface area contributed by atoms with E-state index in [-0.39, 0.29) is 10.6 Å². The van der Waals surface area contributed by atoms with Crippen LogP contribution in [0.3, 0.4) is 0 Å². The van der Waals surface area contributed by atoms with Gasteiger partial charge >= 0.3 is 0 Å². The van der Waals surface area contributed by atoms with Crippen LogP contribution in [-0.2, 0) is 4.79 Å². The number of hydrogen-bond acceptors (Lipinski definition) is 2. The van der Waals surface area contributed by atoms with Crippen LogP contribution in [0.1, 0.15) is 32.4 Å². The van der Waals surface area contributed by atoms with E-state index in [0.717, 1.165) is 6.07 Å². The number of carbonyl (C=O) groups is 1. The maximum Gasteiger partial charge on any atom is 0.171 e. The van der Waals surface area contributed by atoms with Crippen LogP contribution in [0.5, 0.6) is 0 Å². The van der Waals surface area contributed by atoms with Gasteiger partial charge in [0.25, 0.3) is 0 Å². The lowest BCUT2D eigenvalue weighted by Crippen LogP contribution is -2.27. The lowest BCUT2D eigenvalue weighted by Gasteiger charge is -2.21. The number of benzene rings is 1. The number of halogens is 2. The Morgan fingerprint density at radius 1 is 1.44 bits per heavy atom. The Bertz CT molecular complexity index is 410. The predicted octanol–water partition coefficient (Wildman–Crippen LogP) is 3.13. The van der Waals surface area contributed by atoms with Gasteiger partial charge in [-0.25, -0.2) is 4.39 Å². The van der Waals surface area contributed by atoms with Gasteiger partial charge in [0.2, 0.25) is 0 Å². The highest BCUT2D eigenvalue weighted by atomic mass is 35.5. The highest BCUT2D eigenvalue weighted by molar-refractivity contribution is 6.30. The van der Waals surface area contributed by atoms with Gasteiger partial charge in [-0.1, -0.05) is 32.4 Å². The molecule has 4 heteroatoms. The number of aliphatic hydroxyl groups excluding tert-OH is 1. The van der Waals surface area contributed by atoms with Crippen LogP contribution in [0.2, 0.25) is 5.02 Å². The molecule has 0 aromatic heterocycles. The van der Waals surface area contributed by atoms with Crippen molar-refractivity contribution in [2.45, 2.75) is 26.9 Å². The van der Waals surface area contributed by atoms with Crippen molar-refractivity contribution in [2.75, 3.05) is 0 Å². The van der Waals surface area contributed by atoms with Crippen molar-refractivity contribution in [3.63, 3.8) is 0 Å². The van der Waals surface area contributed by atoms with Crippen LogP contribution in [0.15, 0.2) is 18.2 Å². The standard InChI is InChI=1S/C12H14ClFO2/c1-12(2,3)11(16)10(15)8-6-7(13)4-5-9(8)14/h4-6,10,15H,1-3H3. The van der Waals surface area contributed by atoms with Gasteiger partial charge in [0.05, 0.1) is 0 Å². The molecule has 16 heavy (non-hydrogen) atoms. The largest absolute Gasteiger partial charge is 0.380 e. The van der Waals surface area contributed by atoms with E-state index in [1.165, 1.54) is 12.1 Å². The molecule has 1 unspecified atom stereocenters. The quantitative estimate of drug-likeness (QED) is 0.868. The van der Waals surface area contributed by atoms with Crippen LogP contribution in [0.4, 0.5) is 4.39 Å². The highest BCUT2D eigenvalue weighted by Crippen LogP contribution is 2.28. The minimum absolute atomic E-state index is 0.0765. The second-order valence-electron chi connectivity index (χ2n) is 4.68. The number of ketones is 1. The molecule has 0 heterocycles. The first-order chi connectivity index (χ1) is 7.23. The number of rotatable bonds is 2. The number of hydrogen-bond donors (Lipinski definition) is 1. The summed E-state index contributed by atoms with van der Waals surface area (Å²) in [7, 11) is 0. The third-order valence-electron chi connectivity index (χ3n) is 2.24. The average molecular weight is 245 g/mol. The van der Waals surface area contributed by atoms with Crippen LogP contribution < -0.4 is 0 Å². The van der Waals surface area contributed by atoms with E-state index in [9.17, 15) is 14.3 Å². The number of carbonyl (C=O) groups excluding carboxylic acids is 1. The molecule has 0 saturated carbocycles. The van der Waals surface area contributed by atoms with Crippen LogP contribution >= 0.6 is 11.6 Å². The average Bonchev–Trinajstić information content (AvgIpc) is 2.18. The van der Waals surface area contributed by atoms with Crippen LogP contribution in [-0.4, -0.2) is 10.9 Å². The Balaban J connectivity index is 3.10. The van der Waals surface area contributed by atoms with E-state index in [1.54, 1.807) is 20.8 Å². The summed E-state index contributed by atoms with van der Waals surface area (Å²) in [4.78, 5) is 11.8. The molecule has 0 aliphatic carbocycles. The Morgan fingerprint density at radius 2 is 2.00 bits per heavy atom. The maximum absolute atomic E-state index is 13.4. The number of aliphatic hydroxyl groups is 1. The summed E-state index contributed by atoms with van der Waals surface area (Å²) >= 11 is 5.69. The summed E-state index contributed by atoms with van der Waals surface area (Å²) in [6, 6.07) is 3.77. The third-order valence-corrected chi connectivity index (χ3v) is 2.48. The van der Waals surface area contributed by atoms with E-state index in [0.29, 0.717) is 0 Å². The Labute approximate surface area is 99.0 Å². The molecule has 2 nitrogen and oxygen atoms in total. The Morgan fingerprint density at radius 3 is 2.50 bits per heavy atom. The smallest absolute Gasteiger partial charge is 0.171 e. The van der Waals surface area contributed by atoms with Crippen LogP contribution in [0.25, 0.3) is 0 Å². The zero-order valence-electron chi connectivity index (χ0n) is 9.42. The monoisotopic (exact) mass is 244 g/mol. The van der Waals surface area contributed by atoms with E-state index in [2.05, 4.69) is 0 Å². The summed E-state index contributed by atoms with van der Waals surface area (Å²) in [5, 5.41) is 10.1. The first-order valence-electron chi connectivity index (χ1n) is 4.91. The summed E-state index contributed by atoms with van der Waals surface area (Å²) < 4.78 is 13.4. The molecular formula is C12H14ClFO2. The van der Waals surface area contributed by atoms with Crippen LogP contribution in [0, 0.1) is 11.2 Å². The van der Waals surface area contributed by atoms with Gasteiger partial charge in [-0.3, -0.25) is 4.79 Å². The van der Waals surface area contributed by atoms with Crippen molar-refractivity contribution in [3.05, 3.63) is 34.6 Å². The molecule has 0 radical (unpaired) electrons. The third kappa shape index (κ3) is 2.80. The summed E-state index contributed by atoms with van der Waals surface area (Å²) in [6.45, 7) is 5.00. The fraction of sp³-hybridized carbons (Fsp3) is 0.417. The second-order valence-corrected chi connectivity index (χ2v) is 5.12. The van der Waals surface area contributed by atoms with E-state index in [1.807, 2.05) is 0 Å². The minimum Gasteiger partial charge on any atom is -0.380 e. The van der Waals surface area contributed by atoms with Gasteiger partial charge in [0.1, 0.15) is 11.9 Å². The normalized spacial score (nSPS) is 13.6. The molecule has 1 rings (SSSR count). The molecule has 1 N–H and O–H groups in total. The van der Waals surface area contributed by atoms with Gasteiger partial charge in [-0.05, 0) is 18.2 Å². The lowest BCUT2D eigenvalue weighted by molar-refractivity contribution is -0.135. The molecule has 0 amide bonds. The summed E-state index contributed by atoms with van der Waals surface area (Å²) in [5.41, 5.74) is -0.804. The molecule has 1 aromatic carbocycles. The molecule has 0 aliphatic heterocycles. The van der Waals surface area contributed by atoms with Crippen molar-refractivity contribution in [1.29, 1.82) is 0 Å². The van der Waals surface area contributed by atoms with Crippen molar-refractivity contribution in [1.82, 2.24) is 0 Å². The van der Waals surface area contributed by atoms with E-state index < -0.39 is 23.1 Å². The fourth-order valence-corrected chi connectivity index (χ4v) is 1.46. The molecule has 1 atom stereocenters. The molecule has 1 aromatic rings. The first kappa shape index (κ1) is 13.1. The van der Waals surface area contributed by atoms with Crippen molar-refractivity contribution in [3.8, 4) is 0 Å². The molecule has 0 bridgehead atoms. The van der Waals surface area contributed by atoms with E-state index >= 15 is 0 Å². The van der Waals surface area contributed by atoms with Gasteiger partial charge < -0.3 is 5.11 Å². The molecule has 0 spiro atoms. The summed E-state index contributed by atoms with van der Waals surface area (Å²) in [5.74, 6) is -1.07. The molecule has 0 aliphatic rings. The number of Topliss-reactive ketones (excluding diaryl/α,β-unsaturated/α-hetero) is 1. The Hall–Kier alpha value is -0.930. The van der Waals surface area contributed by atoms with Gasteiger partial charge in [-0.2, -0.15) is 0 Å². The van der Waals surface area contributed by atoms with Crippen molar-refractivity contribution >= 4 is 17.4 Å². The van der Waals surface area contributed by atoms with Crippen molar-refractivity contribution in [2.24, 2.45) is 5.41 Å². The van der Waals surface area contributed by atoms with Gasteiger partial charge in [-0.15, -0.1) is 0 Å². The maximum atomic E-state index is 13.4. The molecular weight excluding hydrogens is 231 g/mol. The lowest BCUT2D eigenvalue weighted by atomic mass is 9.85. The predicted molar refractivity (Wildman–Crippen MR) is 60.8 cm³/mol. The van der Waals surface area contributed by atoms with E-state index in [4.69, 9.17) is 11.6 Å². The highest BCUT2D eigenvalue weighted by Gasteiger charge is 2.30. The Kier molecular flexibility index (Phi) is 3.71. The zero-order chi connectivity index (χ0) is 12.5. The topological polar surface area (TPSA) is 37.3 Å². The van der Waals surface area contributed by atoms with Gasteiger partial charge in [0.15, 0.2) is 5.78 Å². The molecule has 88 valence electrons.